The molecule has 0 aliphatic carbocycles. The second-order valence-electron chi connectivity index (χ2n) is 7.12. The third-order valence-electron chi connectivity index (χ3n) is 5.26. The SMILES string of the molecule is COc1ccccc1N1CCN(CC(=O)NCCCN2CCCC2=O)CC1. The van der Waals surface area contributed by atoms with Crippen molar-refractivity contribution in [3.63, 3.8) is 0 Å². The third-order valence-corrected chi connectivity index (χ3v) is 5.26. The molecule has 2 heterocycles. The number of piperazine rings is 1. The summed E-state index contributed by atoms with van der Waals surface area (Å²) in [5.74, 6) is 1.20. The molecule has 7 nitrogen and oxygen atoms in total. The lowest BCUT2D eigenvalue weighted by Gasteiger charge is -2.36. The van der Waals surface area contributed by atoms with Crippen molar-refractivity contribution in [3.8, 4) is 5.75 Å². The third kappa shape index (κ3) is 5.35. The Morgan fingerprint density at radius 1 is 1.15 bits per heavy atom. The number of methoxy groups -OCH3 is 1. The van der Waals surface area contributed by atoms with Gasteiger partial charge in [-0.25, -0.2) is 0 Å². The number of nitrogens with zero attached hydrogens (tertiary/aromatic N) is 3. The van der Waals surface area contributed by atoms with Gasteiger partial charge in [-0.05, 0) is 25.0 Å². The Morgan fingerprint density at radius 3 is 2.63 bits per heavy atom. The van der Waals surface area contributed by atoms with Crippen LogP contribution in [0.4, 0.5) is 5.69 Å². The molecule has 0 unspecified atom stereocenters. The maximum absolute atomic E-state index is 12.2. The Morgan fingerprint density at radius 2 is 1.93 bits per heavy atom. The molecule has 2 fully saturated rings. The molecule has 1 aromatic carbocycles. The predicted molar refractivity (Wildman–Crippen MR) is 105 cm³/mol. The van der Waals surface area contributed by atoms with Gasteiger partial charge in [0.1, 0.15) is 5.75 Å². The maximum atomic E-state index is 12.2. The van der Waals surface area contributed by atoms with Crippen LogP contribution in [0, 0.1) is 0 Å². The summed E-state index contributed by atoms with van der Waals surface area (Å²) in [6.07, 6.45) is 2.46. The number of anilines is 1. The number of nitrogens with one attached hydrogen (secondary N) is 1. The molecule has 27 heavy (non-hydrogen) atoms. The minimum Gasteiger partial charge on any atom is -0.495 e. The quantitative estimate of drug-likeness (QED) is 0.687. The molecule has 1 N–H and O–H groups in total. The van der Waals surface area contributed by atoms with E-state index in [1.807, 2.05) is 23.1 Å². The molecule has 0 aromatic heterocycles. The first-order valence-corrected chi connectivity index (χ1v) is 9.82. The van der Waals surface area contributed by atoms with Crippen LogP contribution in [0.25, 0.3) is 0 Å². The molecular formula is C20H30N4O3. The fourth-order valence-corrected chi connectivity index (χ4v) is 3.74. The standard InChI is InChI=1S/C20H30N4O3/c1-27-18-7-3-2-6-17(18)23-14-12-22(13-15-23)16-19(25)21-9-5-11-24-10-4-8-20(24)26/h2-3,6-7H,4-5,8-16H2,1H3,(H,21,25). The summed E-state index contributed by atoms with van der Waals surface area (Å²) in [4.78, 5) is 30.1. The lowest BCUT2D eigenvalue weighted by molar-refractivity contribution is -0.127. The Hall–Kier alpha value is -2.28. The van der Waals surface area contributed by atoms with E-state index in [-0.39, 0.29) is 11.8 Å². The lowest BCUT2D eigenvalue weighted by atomic mass is 10.2. The molecule has 0 atom stereocenters. The number of carbonyl (C=O) groups is 2. The van der Waals surface area contributed by atoms with Crippen molar-refractivity contribution in [2.24, 2.45) is 0 Å². The summed E-state index contributed by atoms with van der Waals surface area (Å²) in [6.45, 7) is 6.14. The van der Waals surface area contributed by atoms with Gasteiger partial charge in [-0.2, -0.15) is 0 Å². The molecule has 2 amide bonds. The number of amides is 2. The summed E-state index contributed by atoms with van der Waals surface area (Å²) in [6, 6.07) is 8.05. The number of para-hydroxylation sites is 2. The Kier molecular flexibility index (Phi) is 6.92. The molecule has 7 heteroatoms. The molecule has 148 valence electrons. The molecule has 2 aliphatic heterocycles. The van der Waals surface area contributed by atoms with E-state index >= 15 is 0 Å². The second kappa shape index (κ2) is 9.60. The monoisotopic (exact) mass is 374 g/mol. The number of hydrogen-bond acceptors (Lipinski definition) is 5. The van der Waals surface area contributed by atoms with Crippen molar-refractivity contribution >= 4 is 17.5 Å². The van der Waals surface area contributed by atoms with Crippen LogP contribution in [-0.4, -0.2) is 81.1 Å². The highest BCUT2D eigenvalue weighted by Gasteiger charge is 2.21. The lowest BCUT2D eigenvalue weighted by Crippen LogP contribution is -2.49. The minimum absolute atomic E-state index is 0.0634. The van der Waals surface area contributed by atoms with Crippen molar-refractivity contribution in [2.45, 2.75) is 19.3 Å². The van der Waals surface area contributed by atoms with Crippen LogP contribution in [0.15, 0.2) is 24.3 Å². The fraction of sp³-hybridized carbons (Fsp3) is 0.600. The van der Waals surface area contributed by atoms with Crippen molar-refractivity contribution < 1.29 is 14.3 Å². The van der Waals surface area contributed by atoms with Gasteiger partial charge in [-0.15, -0.1) is 0 Å². The van der Waals surface area contributed by atoms with Crippen molar-refractivity contribution in [1.82, 2.24) is 15.1 Å². The van der Waals surface area contributed by atoms with Gasteiger partial charge in [0.15, 0.2) is 0 Å². The molecule has 1 aromatic rings. The van der Waals surface area contributed by atoms with Crippen molar-refractivity contribution in [2.75, 3.05) is 64.4 Å². The normalized spacial score (nSPS) is 18.0. The van der Waals surface area contributed by atoms with Gasteiger partial charge in [-0.3, -0.25) is 14.5 Å². The summed E-state index contributed by atoms with van der Waals surface area (Å²) in [5.41, 5.74) is 1.11. The number of likely N-dealkylation sites (tertiary alicyclic amines) is 1. The van der Waals surface area contributed by atoms with Crippen LogP contribution < -0.4 is 15.0 Å². The zero-order valence-electron chi connectivity index (χ0n) is 16.2. The molecule has 0 spiro atoms. The van der Waals surface area contributed by atoms with Crippen molar-refractivity contribution in [1.29, 1.82) is 0 Å². The van der Waals surface area contributed by atoms with E-state index in [0.29, 0.717) is 19.5 Å². The largest absolute Gasteiger partial charge is 0.495 e. The van der Waals surface area contributed by atoms with Gasteiger partial charge in [0.2, 0.25) is 11.8 Å². The van der Waals surface area contributed by atoms with Gasteiger partial charge < -0.3 is 19.9 Å². The molecule has 3 rings (SSSR count). The number of ether oxygens (including phenoxy) is 1. The van der Waals surface area contributed by atoms with Gasteiger partial charge in [0.25, 0.3) is 0 Å². The molecule has 0 saturated carbocycles. The van der Waals surface area contributed by atoms with Crippen LogP contribution in [-0.2, 0) is 9.59 Å². The Labute approximate surface area is 161 Å². The summed E-state index contributed by atoms with van der Waals surface area (Å²) < 4.78 is 5.44. The summed E-state index contributed by atoms with van der Waals surface area (Å²) in [5, 5.41) is 2.98. The van der Waals surface area contributed by atoms with E-state index in [2.05, 4.69) is 21.2 Å². The van der Waals surface area contributed by atoms with E-state index in [1.54, 1.807) is 7.11 Å². The van der Waals surface area contributed by atoms with Gasteiger partial charge in [-0.1, -0.05) is 12.1 Å². The molecular weight excluding hydrogens is 344 g/mol. The molecule has 2 aliphatic rings. The number of benzene rings is 1. The average molecular weight is 374 g/mol. The predicted octanol–water partition coefficient (Wildman–Crippen LogP) is 0.946. The first-order valence-electron chi connectivity index (χ1n) is 9.82. The summed E-state index contributed by atoms with van der Waals surface area (Å²) >= 11 is 0. The minimum atomic E-state index is 0.0634. The van der Waals surface area contributed by atoms with E-state index in [9.17, 15) is 9.59 Å². The maximum Gasteiger partial charge on any atom is 0.234 e. The van der Waals surface area contributed by atoms with Gasteiger partial charge in [0, 0.05) is 52.2 Å². The molecule has 2 saturated heterocycles. The van der Waals surface area contributed by atoms with Crippen LogP contribution in [0.2, 0.25) is 0 Å². The van der Waals surface area contributed by atoms with Crippen LogP contribution >= 0.6 is 0 Å². The zero-order chi connectivity index (χ0) is 19.1. The fourth-order valence-electron chi connectivity index (χ4n) is 3.74. The highest BCUT2D eigenvalue weighted by atomic mass is 16.5. The van der Waals surface area contributed by atoms with Gasteiger partial charge >= 0.3 is 0 Å². The summed E-state index contributed by atoms with van der Waals surface area (Å²) in [7, 11) is 1.69. The van der Waals surface area contributed by atoms with E-state index < -0.39 is 0 Å². The highest BCUT2D eigenvalue weighted by Crippen LogP contribution is 2.28. The van der Waals surface area contributed by atoms with E-state index in [1.165, 1.54) is 0 Å². The topological polar surface area (TPSA) is 65.1 Å². The van der Waals surface area contributed by atoms with E-state index in [0.717, 1.165) is 63.5 Å². The number of rotatable bonds is 8. The first-order chi connectivity index (χ1) is 13.2. The second-order valence-corrected chi connectivity index (χ2v) is 7.12. The average Bonchev–Trinajstić information content (AvgIpc) is 3.10. The van der Waals surface area contributed by atoms with Gasteiger partial charge in [0.05, 0.1) is 19.3 Å². The smallest absolute Gasteiger partial charge is 0.234 e. The van der Waals surface area contributed by atoms with Crippen LogP contribution in [0.5, 0.6) is 5.75 Å². The molecule has 0 radical (unpaired) electrons. The number of carbonyl (C=O) groups excluding carboxylic acids is 2. The highest BCUT2D eigenvalue weighted by molar-refractivity contribution is 5.78. The number of hydrogen-bond donors (Lipinski definition) is 1. The van der Waals surface area contributed by atoms with Crippen molar-refractivity contribution in [3.05, 3.63) is 24.3 Å². The Balaban J connectivity index is 1.34. The van der Waals surface area contributed by atoms with E-state index in [4.69, 9.17) is 4.74 Å². The first kappa shape index (κ1) is 19.5. The molecule has 0 bridgehead atoms. The van der Waals surface area contributed by atoms with Crippen LogP contribution in [0.1, 0.15) is 19.3 Å². The zero-order valence-corrected chi connectivity index (χ0v) is 16.2. The Bertz CT molecular complexity index is 644. The van der Waals surface area contributed by atoms with Crippen LogP contribution in [0.3, 0.4) is 0 Å².